The van der Waals surface area contributed by atoms with E-state index in [2.05, 4.69) is 36.6 Å². The van der Waals surface area contributed by atoms with E-state index in [1.54, 1.807) is 18.2 Å². The van der Waals surface area contributed by atoms with E-state index in [9.17, 15) is 0 Å². The average molecular weight is 343 g/mol. The van der Waals surface area contributed by atoms with Gasteiger partial charge in [0.15, 0.2) is 0 Å². The first kappa shape index (κ1) is 16.9. The maximum atomic E-state index is 5.66. The molecule has 0 N–H and O–H groups in total. The van der Waals surface area contributed by atoms with Crippen LogP contribution in [0, 0.1) is 0 Å². The molecule has 132 valence electrons. The van der Waals surface area contributed by atoms with Crippen LogP contribution in [0.2, 0.25) is 0 Å². The molecule has 2 aromatic heterocycles. The van der Waals surface area contributed by atoms with Crippen molar-refractivity contribution in [3.05, 3.63) is 24.8 Å². The van der Waals surface area contributed by atoms with Crippen LogP contribution in [-0.2, 0) is 0 Å². The van der Waals surface area contributed by atoms with Gasteiger partial charge in [0.2, 0.25) is 23.7 Å². The summed E-state index contributed by atoms with van der Waals surface area (Å²) in [6, 6.07) is 3.51. The third kappa shape index (κ3) is 4.31. The summed E-state index contributed by atoms with van der Waals surface area (Å²) < 4.78 is 11.0. The number of aromatic nitrogens is 5. The fourth-order valence-electron chi connectivity index (χ4n) is 2.32. The van der Waals surface area contributed by atoms with Crippen LogP contribution < -0.4 is 19.3 Å². The lowest BCUT2D eigenvalue weighted by atomic mass is 10.4. The quantitative estimate of drug-likeness (QED) is 0.696. The summed E-state index contributed by atoms with van der Waals surface area (Å²) in [4.78, 5) is 17.1. The largest absolute Gasteiger partial charge is 0.472 e. The Balaban J connectivity index is 1.79. The monoisotopic (exact) mass is 343 g/mol. The van der Waals surface area contributed by atoms with Gasteiger partial charge in [0, 0.05) is 39.3 Å². The van der Waals surface area contributed by atoms with Crippen LogP contribution in [0.15, 0.2) is 24.8 Å². The molecule has 0 aliphatic carbocycles. The molecule has 1 aliphatic rings. The van der Waals surface area contributed by atoms with Crippen molar-refractivity contribution in [2.24, 2.45) is 0 Å². The zero-order chi connectivity index (χ0) is 17.6. The molecule has 25 heavy (non-hydrogen) atoms. The third-order valence-electron chi connectivity index (χ3n) is 3.54. The van der Waals surface area contributed by atoms with Gasteiger partial charge >= 0.3 is 6.01 Å². The highest BCUT2D eigenvalue weighted by atomic mass is 16.5. The third-order valence-corrected chi connectivity index (χ3v) is 3.54. The van der Waals surface area contributed by atoms with Crippen molar-refractivity contribution >= 4 is 11.9 Å². The average Bonchev–Trinajstić information content (AvgIpc) is 3.15. The van der Waals surface area contributed by atoms with Crippen molar-refractivity contribution in [1.82, 2.24) is 25.1 Å². The van der Waals surface area contributed by atoms with E-state index < -0.39 is 0 Å². The van der Waals surface area contributed by atoms with Crippen LogP contribution in [0.25, 0.3) is 0 Å². The van der Waals surface area contributed by atoms with Crippen molar-refractivity contribution in [3.8, 4) is 17.8 Å². The van der Waals surface area contributed by atoms with E-state index in [-0.39, 0.29) is 11.9 Å². The van der Waals surface area contributed by atoms with Gasteiger partial charge < -0.3 is 19.3 Å². The summed E-state index contributed by atoms with van der Waals surface area (Å²) in [5.41, 5.74) is 0. The minimum atomic E-state index is 0.189. The second-order valence-corrected chi connectivity index (χ2v) is 5.72. The molecule has 0 spiro atoms. The maximum Gasteiger partial charge on any atom is 0.330 e. The lowest BCUT2D eigenvalue weighted by molar-refractivity contribution is 0.338. The standard InChI is InChI=1S/C16H21N7O2/c1-4-11-24-12-7-8-13(21-20-12)25-16-18-14(22(2)3)17-15(19-16)23-9-5-6-10-23/h4,7-8H,1,5-6,9-11H2,2-3H3. The predicted molar refractivity (Wildman–Crippen MR) is 93.4 cm³/mol. The van der Waals surface area contributed by atoms with E-state index in [1.165, 1.54) is 0 Å². The van der Waals surface area contributed by atoms with Crippen LogP contribution in [0.5, 0.6) is 17.8 Å². The lowest BCUT2D eigenvalue weighted by Crippen LogP contribution is -2.23. The van der Waals surface area contributed by atoms with E-state index in [1.807, 2.05) is 19.0 Å². The second kappa shape index (κ2) is 7.73. The molecule has 9 heteroatoms. The van der Waals surface area contributed by atoms with Gasteiger partial charge in [-0.25, -0.2) is 0 Å². The molecule has 0 atom stereocenters. The summed E-state index contributed by atoms with van der Waals surface area (Å²) >= 11 is 0. The molecule has 1 saturated heterocycles. The van der Waals surface area contributed by atoms with Crippen LogP contribution in [0.1, 0.15) is 12.8 Å². The Morgan fingerprint density at radius 1 is 1.12 bits per heavy atom. The molecule has 1 fully saturated rings. The Morgan fingerprint density at radius 3 is 2.48 bits per heavy atom. The number of anilines is 2. The Hall–Kier alpha value is -2.97. The predicted octanol–water partition coefficient (Wildman–Crippen LogP) is 1.68. The zero-order valence-corrected chi connectivity index (χ0v) is 14.4. The fourth-order valence-corrected chi connectivity index (χ4v) is 2.32. The van der Waals surface area contributed by atoms with Crippen molar-refractivity contribution in [2.45, 2.75) is 12.8 Å². The highest BCUT2D eigenvalue weighted by Crippen LogP contribution is 2.23. The molecule has 0 unspecified atom stereocenters. The highest BCUT2D eigenvalue weighted by molar-refractivity contribution is 5.40. The summed E-state index contributed by atoms with van der Waals surface area (Å²) in [5.74, 6) is 1.83. The molecule has 0 aromatic carbocycles. The summed E-state index contributed by atoms with van der Waals surface area (Å²) in [6.07, 6.45) is 3.91. The van der Waals surface area contributed by atoms with Crippen LogP contribution >= 0.6 is 0 Å². The van der Waals surface area contributed by atoms with Crippen LogP contribution in [0.3, 0.4) is 0 Å². The topological polar surface area (TPSA) is 89.4 Å². The fraction of sp³-hybridized carbons (Fsp3) is 0.438. The van der Waals surface area contributed by atoms with Crippen molar-refractivity contribution < 1.29 is 9.47 Å². The lowest BCUT2D eigenvalue weighted by Gasteiger charge is -2.18. The van der Waals surface area contributed by atoms with E-state index in [0.717, 1.165) is 25.9 Å². The Labute approximate surface area is 146 Å². The first-order valence-corrected chi connectivity index (χ1v) is 8.09. The molecule has 0 saturated carbocycles. The van der Waals surface area contributed by atoms with Crippen LogP contribution in [0.4, 0.5) is 11.9 Å². The Bertz CT molecular complexity index is 715. The van der Waals surface area contributed by atoms with Gasteiger partial charge in [0.1, 0.15) is 6.61 Å². The van der Waals surface area contributed by atoms with E-state index in [4.69, 9.17) is 9.47 Å². The smallest absolute Gasteiger partial charge is 0.330 e. The van der Waals surface area contributed by atoms with Gasteiger partial charge in [0.05, 0.1) is 0 Å². The molecular formula is C16H21N7O2. The molecule has 0 radical (unpaired) electrons. The molecule has 3 rings (SSSR count). The molecule has 0 amide bonds. The SMILES string of the molecule is C=CCOc1ccc(Oc2nc(N(C)C)nc(N3CCCC3)n2)nn1. The minimum Gasteiger partial charge on any atom is -0.472 e. The highest BCUT2D eigenvalue weighted by Gasteiger charge is 2.19. The summed E-state index contributed by atoms with van der Waals surface area (Å²) in [5, 5.41) is 7.90. The van der Waals surface area contributed by atoms with Crippen LogP contribution in [-0.4, -0.2) is 58.9 Å². The van der Waals surface area contributed by atoms with Crippen molar-refractivity contribution in [3.63, 3.8) is 0 Å². The second-order valence-electron chi connectivity index (χ2n) is 5.72. The van der Waals surface area contributed by atoms with Gasteiger partial charge in [-0.05, 0) is 12.8 Å². The Kier molecular flexibility index (Phi) is 5.22. The number of ether oxygens (including phenoxy) is 2. The molecular weight excluding hydrogens is 322 g/mol. The number of hydrogen-bond acceptors (Lipinski definition) is 9. The van der Waals surface area contributed by atoms with E-state index in [0.29, 0.717) is 24.4 Å². The minimum absolute atomic E-state index is 0.189. The maximum absolute atomic E-state index is 5.66. The van der Waals surface area contributed by atoms with Gasteiger partial charge in [-0.1, -0.05) is 12.7 Å². The summed E-state index contributed by atoms with van der Waals surface area (Å²) in [6.45, 7) is 5.82. The zero-order valence-electron chi connectivity index (χ0n) is 14.4. The normalized spacial score (nSPS) is 13.6. The van der Waals surface area contributed by atoms with Gasteiger partial charge in [-0.3, -0.25) is 0 Å². The molecule has 9 nitrogen and oxygen atoms in total. The number of nitrogens with zero attached hydrogens (tertiary/aromatic N) is 7. The molecule has 1 aliphatic heterocycles. The van der Waals surface area contributed by atoms with Crippen molar-refractivity contribution in [1.29, 1.82) is 0 Å². The summed E-state index contributed by atoms with van der Waals surface area (Å²) in [7, 11) is 3.75. The van der Waals surface area contributed by atoms with Gasteiger partial charge in [-0.15, -0.1) is 10.2 Å². The molecule has 3 heterocycles. The first-order chi connectivity index (χ1) is 12.2. The van der Waals surface area contributed by atoms with Gasteiger partial charge in [0.25, 0.3) is 0 Å². The number of hydrogen-bond donors (Lipinski definition) is 0. The van der Waals surface area contributed by atoms with Gasteiger partial charge in [-0.2, -0.15) is 15.0 Å². The Morgan fingerprint density at radius 2 is 1.84 bits per heavy atom. The molecule has 2 aromatic rings. The first-order valence-electron chi connectivity index (χ1n) is 8.09. The van der Waals surface area contributed by atoms with E-state index >= 15 is 0 Å². The number of rotatable bonds is 7. The van der Waals surface area contributed by atoms with Crippen molar-refractivity contribution in [2.75, 3.05) is 43.6 Å². The molecule has 0 bridgehead atoms.